The summed E-state index contributed by atoms with van der Waals surface area (Å²) in [6.45, 7) is 3.13. The highest BCUT2D eigenvalue weighted by molar-refractivity contribution is 7.92. The lowest BCUT2D eigenvalue weighted by Crippen LogP contribution is -2.20. The molecule has 0 saturated heterocycles. The van der Waals surface area contributed by atoms with Crippen LogP contribution in [0, 0.1) is 24.0 Å². The zero-order valence-corrected chi connectivity index (χ0v) is 17.9. The van der Waals surface area contributed by atoms with Gasteiger partial charge in [-0.1, -0.05) is 0 Å². The van der Waals surface area contributed by atoms with Crippen LogP contribution in [0.1, 0.15) is 11.4 Å². The second-order valence-corrected chi connectivity index (χ2v) is 8.37. The third kappa shape index (κ3) is 5.98. The number of rotatable bonds is 8. The summed E-state index contributed by atoms with van der Waals surface area (Å²) in [5.74, 6) is -0.212. The topological polar surface area (TPSA) is 153 Å². The minimum Gasteiger partial charge on any atom is -0.484 e. The van der Waals surface area contributed by atoms with Gasteiger partial charge in [0.25, 0.3) is 21.6 Å². The quantitative estimate of drug-likeness (QED) is 0.387. The number of hydrogen-bond acceptors (Lipinski definition) is 8. The number of carbonyl (C=O) groups excluding carboxylic acids is 1. The Bertz CT molecular complexity index is 1220. The van der Waals surface area contributed by atoms with Crippen molar-refractivity contribution in [3.8, 4) is 5.75 Å². The van der Waals surface area contributed by atoms with E-state index in [0.717, 1.165) is 0 Å². The first-order valence-electron chi connectivity index (χ1n) is 9.25. The van der Waals surface area contributed by atoms with Crippen LogP contribution >= 0.6 is 0 Å². The van der Waals surface area contributed by atoms with Crippen LogP contribution in [0.2, 0.25) is 0 Å². The molecule has 2 N–H and O–H groups in total. The number of carbonyl (C=O) groups is 1. The Labute approximate surface area is 183 Å². The Hall–Kier alpha value is -4.06. The third-order valence-electron chi connectivity index (χ3n) is 4.07. The number of nitro groups is 1. The molecule has 0 aliphatic rings. The van der Waals surface area contributed by atoms with Gasteiger partial charge in [-0.25, -0.2) is 23.1 Å². The highest BCUT2D eigenvalue weighted by Gasteiger charge is 2.16. The van der Waals surface area contributed by atoms with Gasteiger partial charge in [0.05, 0.1) is 9.82 Å². The predicted octanol–water partition coefficient (Wildman–Crippen LogP) is 2.82. The maximum absolute atomic E-state index is 12.5. The van der Waals surface area contributed by atoms with Crippen LogP contribution in [0.15, 0.2) is 59.5 Å². The minimum absolute atomic E-state index is 0.0247. The fourth-order valence-electron chi connectivity index (χ4n) is 2.68. The average molecular weight is 457 g/mol. The number of ether oxygens (including phenoxy) is 1. The van der Waals surface area contributed by atoms with Crippen LogP contribution in [-0.2, 0) is 14.8 Å². The summed E-state index contributed by atoms with van der Waals surface area (Å²) in [5, 5.41) is 13.2. The van der Waals surface area contributed by atoms with E-state index in [1.54, 1.807) is 19.9 Å². The molecule has 0 atom stereocenters. The first-order valence-corrected chi connectivity index (χ1v) is 10.7. The van der Waals surface area contributed by atoms with Gasteiger partial charge in [-0.2, -0.15) is 0 Å². The van der Waals surface area contributed by atoms with Crippen LogP contribution in [0.5, 0.6) is 5.75 Å². The van der Waals surface area contributed by atoms with E-state index in [0.29, 0.717) is 22.8 Å². The molecular weight excluding hydrogens is 438 g/mol. The van der Waals surface area contributed by atoms with Gasteiger partial charge in [0.1, 0.15) is 5.75 Å². The van der Waals surface area contributed by atoms with Crippen LogP contribution in [-0.4, -0.2) is 35.8 Å². The third-order valence-corrected chi connectivity index (χ3v) is 5.42. The van der Waals surface area contributed by atoms with Gasteiger partial charge in [0.2, 0.25) is 5.95 Å². The largest absolute Gasteiger partial charge is 0.484 e. The number of nitrogens with one attached hydrogen (secondary N) is 2. The number of nitro benzene ring substituents is 1. The van der Waals surface area contributed by atoms with Gasteiger partial charge >= 0.3 is 0 Å². The molecular formula is C20H19N5O6S. The summed E-state index contributed by atoms with van der Waals surface area (Å²) in [6.07, 6.45) is 0. The zero-order chi connectivity index (χ0) is 23.3. The van der Waals surface area contributed by atoms with Crippen molar-refractivity contribution in [1.29, 1.82) is 0 Å². The van der Waals surface area contributed by atoms with Crippen molar-refractivity contribution >= 4 is 33.3 Å². The van der Waals surface area contributed by atoms with Gasteiger partial charge < -0.3 is 10.1 Å². The molecule has 1 aromatic heterocycles. The molecule has 0 saturated carbocycles. The van der Waals surface area contributed by atoms with Gasteiger partial charge in [0, 0.05) is 29.2 Å². The summed E-state index contributed by atoms with van der Waals surface area (Å²) in [4.78, 5) is 30.2. The Balaban J connectivity index is 1.58. The summed E-state index contributed by atoms with van der Waals surface area (Å²) < 4.78 is 32.7. The predicted molar refractivity (Wildman–Crippen MR) is 116 cm³/mol. The smallest absolute Gasteiger partial charge is 0.269 e. The molecule has 0 fully saturated rings. The van der Waals surface area contributed by atoms with Gasteiger partial charge in [-0.05, 0) is 56.3 Å². The van der Waals surface area contributed by atoms with Crippen molar-refractivity contribution in [2.24, 2.45) is 0 Å². The van der Waals surface area contributed by atoms with Crippen LogP contribution in [0.3, 0.4) is 0 Å². The molecule has 1 heterocycles. The molecule has 0 radical (unpaired) electrons. The molecule has 166 valence electrons. The summed E-state index contributed by atoms with van der Waals surface area (Å²) in [6, 6.07) is 12.6. The van der Waals surface area contributed by atoms with Crippen molar-refractivity contribution in [2.45, 2.75) is 18.7 Å². The molecule has 0 aliphatic heterocycles. The van der Waals surface area contributed by atoms with Gasteiger partial charge in [0.15, 0.2) is 6.61 Å². The molecule has 2 aromatic carbocycles. The summed E-state index contributed by atoms with van der Waals surface area (Å²) >= 11 is 0. The summed E-state index contributed by atoms with van der Waals surface area (Å²) in [7, 11) is -3.91. The number of benzene rings is 2. The summed E-state index contributed by atoms with van der Waals surface area (Å²) in [5.41, 5.74) is 1.53. The molecule has 3 rings (SSSR count). The van der Waals surface area contributed by atoms with E-state index < -0.39 is 20.9 Å². The van der Waals surface area contributed by atoms with E-state index in [1.807, 2.05) is 0 Å². The van der Waals surface area contributed by atoms with E-state index in [9.17, 15) is 23.3 Å². The molecule has 0 aliphatic carbocycles. The second-order valence-electron chi connectivity index (χ2n) is 6.69. The number of aryl methyl sites for hydroxylation is 2. The highest BCUT2D eigenvalue weighted by atomic mass is 32.2. The number of non-ortho nitro benzene ring substituents is 1. The fraction of sp³-hybridized carbons (Fsp3) is 0.150. The number of sulfonamides is 1. The maximum atomic E-state index is 12.5. The first kappa shape index (κ1) is 22.6. The van der Waals surface area contributed by atoms with Crippen molar-refractivity contribution in [3.63, 3.8) is 0 Å². The Morgan fingerprint density at radius 1 is 1.03 bits per heavy atom. The van der Waals surface area contributed by atoms with E-state index in [2.05, 4.69) is 20.0 Å². The molecule has 0 spiro atoms. The minimum atomic E-state index is -3.91. The lowest BCUT2D eigenvalue weighted by atomic mass is 10.3. The molecule has 12 heteroatoms. The number of aromatic nitrogens is 2. The Kier molecular flexibility index (Phi) is 6.64. The highest BCUT2D eigenvalue weighted by Crippen LogP contribution is 2.19. The standard InChI is InChI=1S/C20H19N5O6S/c1-13-11-14(2)22-20(21-13)24-32(29,30)18-9-3-15(4-10-18)23-19(26)12-31-17-7-5-16(6-8-17)25(27)28/h3-11H,12H2,1-2H3,(H,23,26)(H,21,22,24). The maximum Gasteiger partial charge on any atom is 0.269 e. The van der Waals surface area contributed by atoms with Crippen molar-refractivity contribution in [1.82, 2.24) is 9.97 Å². The number of anilines is 2. The molecule has 0 bridgehead atoms. The zero-order valence-electron chi connectivity index (χ0n) is 17.1. The average Bonchev–Trinajstić information content (AvgIpc) is 2.72. The normalized spacial score (nSPS) is 10.9. The van der Waals surface area contributed by atoms with Gasteiger partial charge in [-0.15, -0.1) is 0 Å². The van der Waals surface area contributed by atoms with Crippen LogP contribution in [0.4, 0.5) is 17.3 Å². The van der Waals surface area contributed by atoms with E-state index in [4.69, 9.17) is 4.74 Å². The lowest BCUT2D eigenvalue weighted by molar-refractivity contribution is -0.384. The molecule has 0 unspecified atom stereocenters. The van der Waals surface area contributed by atoms with E-state index in [-0.39, 0.29) is 23.1 Å². The van der Waals surface area contributed by atoms with E-state index >= 15 is 0 Å². The van der Waals surface area contributed by atoms with Crippen LogP contribution < -0.4 is 14.8 Å². The monoisotopic (exact) mass is 457 g/mol. The Morgan fingerprint density at radius 3 is 2.19 bits per heavy atom. The lowest BCUT2D eigenvalue weighted by Gasteiger charge is -2.10. The second kappa shape index (κ2) is 9.39. The number of nitrogens with zero attached hydrogens (tertiary/aromatic N) is 3. The number of amides is 1. The van der Waals surface area contributed by atoms with Gasteiger partial charge in [-0.3, -0.25) is 14.9 Å². The van der Waals surface area contributed by atoms with Crippen molar-refractivity contribution < 1.29 is 22.9 Å². The molecule has 3 aromatic rings. The van der Waals surface area contributed by atoms with Crippen molar-refractivity contribution in [3.05, 3.63) is 76.1 Å². The number of hydrogen-bond donors (Lipinski definition) is 2. The SMILES string of the molecule is Cc1cc(C)nc(NS(=O)(=O)c2ccc(NC(=O)COc3ccc([N+](=O)[O-])cc3)cc2)n1. The molecule has 1 amide bonds. The van der Waals surface area contributed by atoms with Crippen molar-refractivity contribution in [2.75, 3.05) is 16.6 Å². The van der Waals surface area contributed by atoms with Crippen LogP contribution in [0.25, 0.3) is 0 Å². The molecule has 32 heavy (non-hydrogen) atoms. The Morgan fingerprint density at radius 2 is 1.62 bits per heavy atom. The molecule has 11 nitrogen and oxygen atoms in total. The van der Waals surface area contributed by atoms with E-state index in [1.165, 1.54) is 48.5 Å². The fourth-order valence-corrected chi connectivity index (χ4v) is 3.62. The first-order chi connectivity index (χ1) is 15.1.